The minimum Gasteiger partial charge on any atom is -0.372 e. The number of hydrogen-bond acceptors (Lipinski definition) is 2. The molecule has 1 N–H and O–H groups in total. The van der Waals surface area contributed by atoms with Gasteiger partial charge in [0.05, 0.1) is 0 Å². The summed E-state index contributed by atoms with van der Waals surface area (Å²) < 4.78 is 0. The Hall–Kier alpha value is -2.29. The Bertz CT molecular complexity index is 645. The lowest BCUT2D eigenvalue weighted by molar-refractivity contribution is -0.121. The van der Waals surface area contributed by atoms with Gasteiger partial charge >= 0.3 is 0 Å². The Labute approximate surface area is 151 Å². The molecule has 3 nitrogen and oxygen atoms in total. The van der Waals surface area contributed by atoms with Gasteiger partial charge in [0.25, 0.3) is 0 Å². The number of nitrogens with zero attached hydrogens (tertiary/aromatic N) is 1. The third kappa shape index (κ3) is 5.63. The predicted octanol–water partition coefficient (Wildman–Crippen LogP) is 3.97. The van der Waals surface area contributed by atoms with E-state index in [1.165, 1.54) is 42.7 Å². The van der Waals surface area contributed by atoms with E-state index in [1.54, 1.807) is 0 Å². The lowest BCUT2D eigenvalue weighted by Gasteiger charge is -2.17. The van der Waals surface area contributed by atoms with E-state index >= 15 is 0 Å². The molecule has 3 heteroatoms. The summed E-state index contributed by atoms with van der Waals surface area (Å²) in [6.07, 6.45) is 6.00. The third-order valence-electron chi connectivity index (χ3n) is 4.86. The van der Waals surface area contributed by atoms with Gasteiger partial charge in [0.2, 0.25) is 5.91 Å². The van der Waals surface area contributed by atoms with Gasteiger partial charge in [-0.25, -0.2) is 0 Å². The van der Waals surface area contributed by atoms with Crippen molar-refractivity contribution in [1.82, 2.24) is 5.32 Å². The summed E-state index contributed by atoms with van der Waals surface area (Å²) in [5.41, 5.74) is 3.91. The molecule has 3 rings (SSSR count). The Morgan fingerprint density at radius 3 is 2.28 bits per heavy atom. The molecule has 0 bridgehead atoms. The van der Waals surface area contributed by atoms with Gasteiger partial charge < -0.3 is 10.2 Å². The van der Waals surface area contributed by atoms with Crippen LogP contribution in [0.4, 0.5) is 5.69 Å². The molecule has 1 aliphatic rings. The highest BCUT2D eigenvalue weighted by Gasteiger charge is 2.11. The molecule has 0 aliphatic carbocycles. The first-order valence-electron chi connectivity index (χ1n) is 9.46. The number of hydrogen-bond donors (Lipinski definition) is 1. The number of rotatable bonds is 8. The van der Waals surface area contributed by atoms with E-state index in [4.69, 9.17) is 0 Å². The highest BCUT2D eigenvalue weighted by atomic mass is 16.1. The van der Waals surface area contributed by atoms with Crippen LogP contribution in [0.2, 0.25) is 0 Å². The van der Waals surface area contributed by atoms with E-state index in [2.05, 4.69) is 46.6 Å². The summed E-state index contributed by atoms with van der Waals surface area (Å²) >= 11 is 0. The fourth-order valence-corrected chi connectivity index (χ4v) is 3.36. The number of benzene rings is 2. The van der Waals surface area contributed by atoms with E-state index in [1.807, 2.05) is 18.2 Å². The van der Waals surface area contributed by atoms with Crippen molar-refractivity contribution in [2.24, 2.45) is 0 Å². The van der Waals surface area contributed by atoms with Crippen LogP contribution in [-0.2, 0) is 17.6 Å². The number of amides is 1. The zero-order valence-corrected chi connectivity index (χ0v) is 14.9. The zero-order chi connectivity index (χ0) is 17.3. The molecular weight excluding hydrogens is 308 g/mol. The second kappa shape index (κ2) is 9.26. The molecule has 132 valence electrons. The average molecular weight is 336 g/mol. The number of carbonyl (C=O) groups is 1. The van der Waals surface area contributed by atoms with Crippen molar-refractivity contribution in [3.05, 3.63) is 65.7 Å². The van der Waals surface area contributed by atoms with Crippen molar-refractivity contribution in [3.63, 3.8) is 0 Å². The summed E-state index contributed by atoms with van der Waals surface area (Å²) in [4.78, 5) is 14.4. The minimum atomic E-state index is 0.147. The summed E-state index contributed by atoms with van der Waals surface area (Å²) in [7, 11) is 0. The highest BCUT2D eigenvalue weighted by molar-refractivity contribution is 5.76. The number of carbonyl (C=O) groups excluding carboxylic acids is 1. The molecule has 25 heavy (non-hydrogen) atoms. The maximum atomic E-state index is 11.9. The van der Waals surface area contributed by atoms with Crippen LogP contribution in [0.15, 0.2) is 54.6 Å². The molecule has 2 aromatic carbocycles. The summed E-state index contributed by atoms with van der Waals surface area (Å²) in [5.74, 6) is 0.147. The quantitative estimate of drug-likeness (QED) is 0.740. The molecule has 1 heterocycles. The van der Waals surface area contributed by atoms with Gasteiger partial charge in [-0.1, -0.05) is 42.5 Å². The molecular formula is C22H28N2O. The maximum Gasteiger partial charge on any atom is 0.220 e. The SMILES string of the molecule is O=C(CCc1ccccc1)NCCCc1ccc(N2CCCC2)cc1. The van der Waals surface area contributed by atoms with Crippen LogP contribution in [0, 0.1) is 0 Å². The van der Waals surface area contributed by atoms with Gasteiger partial charge in [0, 0.05) is 31.7 Å². The molecule has 0 saturated carbocycles. The van der Waals surface area contributed by atoms with Crippen LogP contribution >= 0.6 is 0 Å². The van der Waals surface area contributed by atoms with Crippen molar-refractivity contribution < 1.29 is 4.79 Å². The van der Waals surface area contributed by atoms with E-state index in [-0.39, 0.29) is 5.91 Å². The smallest absolute Gasteiger partial charge is 0.220 e. The predicted molar refractivity (Wildman–Crippen MR) is 104 cm³/mol. The Balaban J connectivity index is 1.32. The first-order chi connectivity index (χ1) is 12.3. The number of anilines is 1. The van der Waals surface area contributed by atoms with Crippen LogP contribution in [0.5, 0.6) is 0 Å². The van der Waals surface area contributed by atoms with Crippen molar-refractivity contribution >= 4 is 11.6 Å². The lowest BCUT2D eigenvalue weighted by atomic mass is 10.1. The molecule has 0 unspecified atom stereocenters. The van der Waals surface area contributed by atoms with E-state index in [9.17, 15) is 4.79 Å². The second-order valence-electron chi connectivity index (χ2n) is 6.80. The van der Waals surface area contributed by atoms with Crippen LogP contribution in [-0.4, -0.2) is 25.5 Å². The van der Waals surface area contributed by atoms with Crippen LogP contribution < -0.4 is 10.2 Å². The summed E-state index contributed by atoms with van der Waals surface area (Å²) in [6.45, 7) is 3.13. The molecule has 1 fully saturated rings. The fraction of sp³-hybridized carbons (Fsp3) is 0.409. The van der Waals surface area contributed by atoms with Gasteiger partial charge in [0.1, 0.15) is 0 Å². The highest BCUT2D eigenvalue weighted by Crippen LogP contribution is 2.20. The van der Waals surface area contributed by atoms with E-state index < -0.39 is 0 Å². The number of nitrogens with one attached hydrogen (secondary N) is 1. The normalized spacial score (nSPS) is 13.8. The zero-order valence-electron chi connectivity index (χ0n) is 14.9. The first kappa shape index (κ1) is 17.5. The van der Waals surface area contributed by atoms with Crippen molar-refractivity contribution in [1.29, 1.82) is 0 Å². The van der Waals surface area contributed by atoms with Crippen molar-refractivity contribution in [3.8, 4) is 0 Å². The van der Waals surface area contributed by atoms with Crippen molar-refractivity contribution in [2.45, 2.75) is 38.5 Å². The van der Waals surface area contributed by atoms with Gasteiger partial charge in [-0.3, -0.25) is 4.79 Å². The Morgan fingerprint density at radius 1 is 0.880 bits per heavy atom. The Kier molecular flexibility index (Phi) is 6.49. The second-order valence-corrected chi connectivity index (χ2v) is 6.80. The van der Waals surface area contributed by atoms with Gasteiger partial charge in [-0.15, -0.1) is 0 Å². The van der Waals surface area contributed by atoms with E-state index in [0.29, 0.717) is 6.42 Å². The molecule has 2 aromatic rings. The van der Waals surface area contributed by atoms with Gasteiger partial charge in [0.15, 0.2) is 0 Å². The summed E-state index contributed by atoms with van der Waals surface area (Å²) in [5, 5.41) is 3.03. The van der Waals surface area contributed by atoms with Crippen LogP contribution in [0.1, 0.15) is 36.8 Å². The maximum absolute atomic E-state index is 11.9. The largest absolute Gasteiger partial charge is 0.372 e. The summed E-state index contributed by atoms with van der Waals surface area (Å²) in [6, 6.07) is 19.1. The first-order valence-corrected chi connectivity index (χ1v) is 9.46. The van der Waals surface area contributed by atoms with Gasteiger partial charge in [-0.05, 0) is 55.4 Å². The molecule has 1 saturated heterocycles. The standard InChI is InChI=1S/C22H28N2O/c25-22(15-12-19-7-2-1-3-8-19)23-16-6-9-20-10-13-21(14-11-20)24-17-4-5-18-24/h1-3,7-8,10-11,13-14H,4-6,9,12,15-18H2,(H,23,25). The molecule has 0 spiro atoms. The van der Waals surface area contributed by atoms with E-state index in [0.717, 1.165) is 25.8 Å². The average Bonchev–Trinajstić information content (AvgIpc) is 3.20. The number of aryl methyl sites for hydroxylation is 2. The molecule has 0 atom stereocenters. The van der Waals surface area contributed by atoms with Crippen LogP contribution in [0.3, 0.4) is 0 Å². The third-order valence-corrected chi connectivity index (χ3v) is 4.86. The molecule has 1 amide bonds. The van der Waals surface area contributed by atoms with Crippen molar-refractivity contribution in [2.75, 3.05) is 24.5 Å². The monoisotopic (exact) mass is 336 g/mol. The molecule has 0 aromatic heterocycles. The minimum absolute atomic E-state index is 0.147. The fourth-order valence-electron chi connectivity index (χ4n) is 3.36. The topological polar surface area (TPSA) is 32.3 Å². The Morgan fingerprint density at radius 2 is 1.56 bits per heavy atom. The van der Waals surface area contributed by atoms with Crippen LogP contribution in [0.25, 0.3) is 0 Å². The molecule has 1 aliphatic heterocycles. The lowest BCUT2D eigenvalue weighted by Crippen LogP contribution is -2.25. The van der Waals surface area contributed by atoms with Gasteiger partial charge in [-0.2, -0.15) is 0 Å². The molecule has 0 radical (unpaired) electrons.